The number of benzene rings is 1. The van der Waals surface area contributed by atoms with E-state index in [1.54, 1.807) is 0 Å². The van der Waals surface area contributed by atoms with Crippen LogP contribution in [0.25, 0.3) is 0 Å². The Hall–Kier alpha value is -0.640. The van der Waals surface area contributed by atoms with Gasteiger partial charge in [-0.1, -0.05) is 48.8 Å². The first-order chi connectivity index (χ1) is 8.68. The first kappa shape index (κ1) is 13.8. The maximum Gasteiger partial charge on any atom is 0.0948 e. The first-order valence-electron chi connectivity index (χ1n) is 6.47. The molecule has 4 heteroatoms. The lowest BCUT2D eigenvalue weighted by Crippen LogP contribution is -2.37. The third-order valence-corrected chi connectivity index (χ3v) is 3.94. The zero-order valence-corrected chi connectivity index (χ0v) is 12.0. The molecular formula is C14H19ClN2S. The Morgan fingerprint density at radius 3 is 2.17 bits per heavy atom. The minimum absolute atomic E-state index is 0.0513. The molecule has 1 saturated heterocycles. The topological polar surface area (TPSA) is 29.3 Å². The second kappa shape index (κ2) is 6.50. The van der Waals surface area contributed by atoms with Gasteiger partial charge in [-0.15, -0.1) is 0 Å². The highest BCUT2D eigenvalue weighted by Crippen LogP contribution is 2.25. The molecule has 1 aromatic rings. The Kier molecular flexibility index (Phi) is 4.98. The molecule has 0 amide bonds. The molecule has 0 bridgehead atoms. The first-order valence-corrected chi connectivity index (χ1v) is 7.26. The molecule has 18 heavy (non-hydrogen) atoms. The quantitative estimate of drug-likeness (QED) is 0.860. The van der Waals surface area contributed by atoms with Crippen molar-refractivity contribution in [3.63, 3.8) is 0 Å². The second-order valence-electron chi connectivity index (χ2n) is 4.81. The van der Waals surface area contributed by atoms with Crippen molar-refractivity contribution < 1.29 is 0 Å². The van der Waals surface area contributed by atoms with Gasteiger partial charge in [-0.3, -0.25) is 4.90 Å². The highest BCUT2D eigenvalue weighted by Gasteiger charge is 2.23. The van der Waals surface area contributed by atoms with Crippen LogP contribution in [0.3, 0.4) is 0 Å². The van der Waals surface area contributed by atoms with Gasteiger partial charge in [-0.2, -0.15) is 0 Å². The number of halogens is 1. The number of hydrogen-bond donors (Lipinski definition) is 1. The van der Waals surface area contributed by atoms with E-state index >= 15 is 0 Å². The summed E-state index contributed by atoms with van der Waals surface area (Å²) in [5, 5.41) is 0.747. The van der Waals surface area contributed by atoms with Crippen molar-refractivity contribution in [3.05, 3.63) is 34.9 Å². The van der Waals surface area contributed by atoms with Crippen LogP contribution >= 0.6 is 23.8 Å². The van der Waals surface area contributed by atoms with Gasteiger partial charge in [0.2, 0.25) is 0 Å². The highest BCUT2D eigenvalue weighted by molar-refractivity contribution is 7.80. The zero-order chi connectivity index (χ0) is 13.0. The van der Waals surface area contributed by atoms with E-state index in [0.717, 1.165) is 23.7 Å². The van der Waals surface area contributed by atoms with E-state index in [2.05, 4.69) is 4.90 Å². The summed E-state index contributed by atoms with van der Waals surface area (Å²) in [5.74, 6) is 0. The summed E-state index contributed by atoms with van der Waals surface area (Å²) < 4.78 is 0. The van der Waals surface area contributed by atoms with Gasteiger partial charge in [0.1, 0.15) is 0 Å². The molecule has 0 radical (unpaired) electrons. The standard InChI is InChI=1S/C14H19ClN2S/c15-12-7-5-11(6-8-12)13(14(16)18)17-9-3-1-2-4-10-17/h5-8,13H,1-4,9-10H2,(H2,16,18). The molecule has 1 heterocycles. The smallest absolute Gasteiger partial charge is 0.0948 e. The maximum absolute atomic E-state index is 5.95. The Morgan fingerprint density at radius 2 is 1.67 bits per heavy atom. The minimum Gasteiger partial charge on any atom is -0.392 e. The monoisotopic (exact) mass is 282 g/mol. The molecule has 1 unspecified atom stereocenters. The normalized spacial score (nSPS) is 19.2. The maximum atomic E-state index is 5.95. The summed E-state index contributed by atoms with van der Waals surface area (Å²) >= 11 is 11.2. The van der Waals surface area contributed by atoms with Gasteiger partial charge in [-0.05, 0) is 43.6 Å². The van der Waals surface area contributed by atoms with Crippen molar-refractivity contribution in [1.82, 2.24) is 4.90 Å². The average Bonchev–Trinajstić information content (AvgIpc) is 2.60. The van der Waals surface area contributed by atoms with Gasteiger partial charge in [0, 0.05) is 5.02 Å². The lowest BCUT2D eigenvalue weighted by atomic mass is 10.0. The van der Waals surface area contributed by atoms with Crippen molar-refractivity contribution >= 4 is 28.8 Å². The molecule has 0 spiro atoms. The fourth-order valence-electron chi connectivity index (χ4n) is 2.55. The van der Waals surface area contributed by atoms with E-state index in [1.165, 1.54) is 25.7 Å². The number of nitrogens with two attached hydrogens (primary N) is 1. The molecule has 0 saturated carbocycles. The van der Waals surface area contributed by atoms with E-state index in [0.29, 0.717) is 4.99 Å². The predicted molar refractivity (Wildman–Crippen MR) is 81.0 cm³/mol. The zero-order valence-electron chi connectivity index (χ0n) is 10.4. The molecule has 1 aromatic carbocycles. The Labute approximate surface area is 119 Å². The third-order valence-electron chi connectivity index (χ3n) is 3.46. The summed E-state index contributed by atoms with van der Waals surface area (Å²) in [7, 11) is 0. The Balaban J connectivity index is 2.21. The molecule has 1 atom stereocenters. The van der Waals surface area contributed by atoms with Gasteiger partial charge in [-0.25, -0.2) is 0 Å². The summed E-state index contributed by atoms with van der Waals surface area (Å²) in [6.45, 7) is 2.15. The molecule has 2 rings (SSSR count). The fourth-order valence-corrected chi connectivity index (χ4v) is 2.96. The van der Waals surface area contributed by atoms with Gasteiger partial charge < -0.3 is 5.73 Å². The van der Waals surface area contributed by atoms with Crippen molar-refractivity contribution in [2.75, 3.05) is 13.1 Å². The van der Waals surface area contributed by atoms with Crippen LogP contribution in [0.4, 0.5) is 0 Å². The molecule has 2 N–H and O–H groups in total. The number of thiocarbonyl (C=S) groups is 1. The van der Waals surface area contributed by atoms with Crippen LogP contribution in [0.1, 0.15) is 37.3 Å². The molecule has 98 valence electrons. The Bertz CT molecular complexity index is 397. The summed E-state index contributed by atoms with van der Waals surface area (Å²) in [5.41, 5.74) is 7.09. The molecule has 0 aromatic heterocycles. The van der Waals surface area contributed by atoms with Crippen molar-refractivity contribution in [2.45, 2.75) is 31.7 Å². The van der Waals surface area contributed by atoms with E-state index in [9.17, 15) is 0 Å². The van der Waals surface area contributed by atoms with Crippen LogP contribution in [0, 0.1) is 0 Å². The van der Waals surface area contributed by atoms with E-state index < -0.39 is 0 Å². The molecule has 1 fully saturated rings. The van der Waals surface area contributed by atoms with Gasteiger partial charge in [0.25, 0.3) is 0 Å². The second-order valence-corrected chi connectivity index (χ2v) is 5.71. The summed E-state index contributed by atoms with van der Waals surface area (Å²) in [4.78, 5) is 2.96. The SMILES string of the molecule is NC(=S)C(c1ccc(Cl)cc1)N1CCCCCC1. The summed E-state index contributed by atoms with van der Waals surface area (Å²) in [6, 6.07) is 7.91. The largest absolute Gasteiger partial charge is 0.392 e. The van der Waals surface area contributed by atoms with Crippen LogP contribution in [0.2, 0.25) is 5.02 Å². The van der Waals surface area contributed by atoms with Crippen molar-refractivity contribution in [2.24, 2.45) is 5.73 Å². The van der Waals surface area contributed by atoms with Crippen LogP contribution in [-0.2, 0) is 0 Å². The van der Waals surface area contributed by atoms with Crippen LogP contribution in [0.15, 0.2) is 24.3 Å². The highest BCUT2D eigenvalue weighted by atomic mass is 35.5. The van der Waals surface area contributed by atoms with Crippen molar-refractivity contribution in [1.29, 1.82) is 0 Å². The number of hydrogen-bond acceptors (Lipinski definition) is 2. The predicted octanol–water partition coefficient (Wildman–Crippen LogP) is 3.54. The molecule has 1 aliphatic heterocycles. The van der Waals surface area contributed by atoms with Gasteiger partial charge in [0.15, 0.2) is 0 Å². The van der Waals surface area contributed by atoms with Crippen LogP contribution in [0.5, 0.6) is 0 Å². The van der Waals surface area contributed by atoms with Crippen LogP contribution in [-0.4, -0.2) is 23.0 Å². The molecule has 0 aliphatic carbocycles. The van der Waals surface area contributed by atoms with Gasteiger partial charge >= 0.3 is 0 Å². The number of nitrogens with zero attached hydrogens (tertiary/aromatic N) is 1. The van der Waals surface area contributed by atoms with Gasteiger partial charge in [0.05, 0.1) is 11.0 Å². The summed E-state index contributed by atoms with van der Waals surface area (Å²) in [6.07, 6.45) is 5.07. The van der Waals surface area contributed by atoms with E-state index in [1.807, 2.05) is 24.3 Å². The fraction of sp³-hybridized carbons (Fsp3) is 0.500. The average molecular weight is 283 g/mol. The van der Waals surface area contributed by atoms with Crippen LogP contribution < -0.4 is 5.73 Å². The molecule has 1 aliphatic rings. The minimum atomic E-state index is 0.0513. The van der Waals surface area contributed by atoms with E-state index in [-0.39, 0.29) is 6.04 Å². The number of likely N-dealkylation sites (tertiary alicyclic amines) is 1. The lowest BCUT2D eigenvalue weighted by Gasteiger charge is -2.30. The Morgan fingerprint density at radius 1 is 1.11 bits per heavy atom. The lowest BCUT2D eigenvalue weighted by molar-refractivity contribution is 0.255. The third kappa shape index (κ3) is 3.44. The molecular weight excluding hydrogens is 264 g/mol. The number of rotatable bonds is 3. The van der Waals surface area contributed by atoms with E-state index in [4.69, 9.17) is 29.6 Å². The molecule has 2 nitrogen and oxygen atoms in total. The van der Waals surface area contributed by atoms with Crippen molar-refractivity contribution in [3.8, 4) is 0 Å².